The van der Waals surface area contributed by atoms with Gasteiger partial charge >= 0.3 is 5.97 Å². The summed E-state index contributed by atoms with van der Waals surface area (Å²) in [7, 11) is 0. The van der Waals surface area contributed by atoms with Crippen LogP contribution in [-0.2, 0) is 33.5 Å². The van der Waals surface area contributed by atoms with Gasteiger partial charge in [-0.3, -0.25) is 24.0 Å². The molecular formula is C36H58N4O7. The van der Waals surface area contributed by atoms with Crippen molar-refractivity contribution in [3.63, 3.8) is 0 Å². The molecule has 264 valence electrons. The minimum atomic E-state index is -1.20. The maximum Gasteiger partial charge on any atom is 0.328 e. The molecule has 0 aromatic carbocycles. The van der Waals surface area contributed by atoms with E-state index in [0.29, 0.717) is 12.3 Å². The molecule has 5 N–H and O–H groups in total. The quantitative estimate of drug-likeness (QED) is 0.0767. The largest absolute Gasteiger partial charge is 0.460 e. The standard InChI is InChI=1S/C36H58N4O7/c1-8-9-10-11-13-23(2)14-12-15-24(3)16-19-30(41)25(4)17-20-31-27(6)34(44)39-28(7)35(45)38-22-26(5)33(43)40-29(36(46)47-31)18-21-32(37)42/h15-16,19,23,25-27,29,31H,7-14,17-18,20-22H2,1-6H3,(H2,37,42)(H,38,45)(H,39,44)(H,40,43)/b19-16+,24-15+/t23-,25-,26+,27+,29+,31+/m1/s1. The van der Waals surface area contributed by atoms with Gasteiger partial charge in [0.2, 0.25) is 17.7 Å². The molecule has 0 unspecified atom stereocenters. The molecule has 0 bridgehead atoms. The van der Waals surface area contributed by atoms with Crippen LogP contribution in [0.3, 0.4) is 0 Å². The first kappa shape index (κ1) is 41.3. The number of cyclic esters (lactones) is 1. The van der Waals surface area contributed by atoms with E-state index in [0.717, 1.165) is 18.4 Å². The highest BCUT2D eigenvalue weighted by Gasteiger charge is 2.33. The van der Waals surface area contributed by atoms with Crippen LogP contribution in [0.1, 0.15) is 112 Å². The number of allylic oxidation sites excluding steroid dienone is 4. The maximum absolute atomic E-state index is 13.3. The topological polar surface area (TPSA) is 174 Å². The third-order valence-electron chi connectivity index (χ3n) is 8.64. The van der Waals surface area contributed by atoms with Crippen molar-refractivity contribution in [2.45, 2.75) is 124 Å². The highest BCUT2D eigenvalue weighted by molar-refractivity contribution is 5.98. The minimum Gasteiger partial charge on any atom is -0.460 e. The Bertz CT molecular complexity index is 1160. The predicted octanol–water partition coefficient (Wildman–Crippen LogP) is 4.56. The first-order valence-electron chi connectivity index (χ1n) is 17.1. The normalized spacial score (nSPS) is 23.3. The van der Waals surface area contributed by atoms with Crippen molar-refractivity contribution in [2.75, 3.05) is 6.54 Å². The second kappa shape index (κ2) is 21.9. The summed E-state index contributed by atoms with van der Waals surface area (Å²) in [6, 6.07) is -1.20. The first-order valence-corrected chi connectivity index (χ1v) is 17.1. The van der Waals surface area contributed by atoms with Crippen molar-refractivity contribution in [1.82, 2.24) is 16.0 Å². The molecule has 0 aromatic heterocycles. The summed E-state index contributed by atoms with van der Waals surface area (Å²) in [6.07, 6.45) is 13.1. The van der Waals surface area contributed by atoms with Crippen LogP contribution in [0.4, 0.5) is 0 Å². The number of ether oxygens (including phenoxy) is 1. The van der Waals surface area contributed by atoms with Crippen LogP contribution in [0.25, 0.3) is 0 Å². The van der Waals surface area contributed by atoms with Crippen molar-refractivity contribution in [1.29, 1.82) is 0 Å². The lowest BCUT2D eigenvalue weighted by Crippen LogP contribution is -2.49. The Kier molecular flexibility index (Phi) is 19.2. The number of amides is 4. The van der Waals surface area contributed by atoms with E-state index in [1.807, 2.05) is 13.0 Å². The van der Waals surface area contributed by atoms with Gasteiger partial charge in [0.15, 0.2) is 5.78 Å². The minimum absolute atomic E-state index is 0.0800. The zero-order valence-electron chi connectivity index (χ0n) is 29.3. The highest BCUT2D eigenvalue weighted by Crippen LogP contribution is 2.21. The summed E-state index contributed by atoms with van der Waals surface area (Å²) in [5.74, 6) is -4.83. The number of hydrogen-bond acceptors (Lipinski definition) is 7. The van der Waals surface area contributed by atoms with Crippen LogP contribution in [0.2, 0.25) is 0 Å². The molecule has 11 heteroatoms. The number of nitrogens with one attached hydrogen (secondary N) is 3. The molecule has 0 aliphatic carbocycles. The molecule has 1 aliphatic heterocycles. The van der Waals surface area contributed by atoms with Crippen LogP contribution in [0, 0.1) is 23.7 Å². The van der Waals surface area contributed by atoms with Crippen molar-refractivity contribution >= 4 is 35.4 Å². The van der Waals surface area contributed by atoms with Crippen LogP contribution < -0.4 is 21.7 Å². The molecule has 0 saturated carbocycles. The fraction of sp³-hybridized carbons (Fsp3) is 0.667. The van der Waals surface area contributed by atoms with Crippen LogP contribution >= 0.6 is 0 Å². The average molecular weight is 659 g/mol. The first-order chi connectivity index (χ1) is 22.2. The molecule has 1 heterocycles. The van der Waals surface area contributed by atoms with E-state index in [2.05, 4.69) is 42.5 Å². The Morgan fingerprint density at radius 1 is 1.00 bits per heavy atom. The van der Waals surface area contributed by atoms with Gasteiger partial charge in [-0.2, -0.15) is 0 Å². The highest BCUT2D eigenvalue weighted by atomic mass is 16.5. The number of ketones is 1. The van der Waals surface area contributed by atoms with E-state index in [1.165, 1.54) is 39.0 Å². The second-order valence-electron chi connectivity index (χ2n) is 13.1. The third-order valence-corrected chi connectivity index (χ3v) is 8.64. The van der Waals surface area contributed by atoms with E-state index >= 15 is 0 Å². The lowest BCUT2D eigenvalue weighted by Gasteiger charge is -2.28. The van der Waals surface area contributed by atoms with E-state index < -0.39 is 59.5 Å². The third kappa shape index (κ3) is 16.6. The lowest BCUT2D eigenvalue weighted by molar-refractivity contribution is -0.158. The molecule has 4 amide bonds. The number of primary amides is 1. The van der Waals surface area contributed by atoms with Crippen LogP contribution in [0.5, 0.6) is 0 Å². The fourth-order valence-electron chi connectivity index (χ4n) is 5.09. The number of nitrogens with two attached hydrogens (primary N) is 1. The van der Waals surface area contributed by atoms with E-state index in [-0.39, 0.29) is 37.3 Å². The molecule has 1 aliphatic rings. The van der Waals surface area contributed by atoms with Crippen LogP contribution in [0.15, 0.2) is 36.1 Å². The summed E-state index contributed by atoms with van der Waals surface area (Å²) in [6.45, 7) is 14.9. The molecule has 0 aromatic rings. The van der Waals surface area contributed by atoms with Crippen molar-refractivity contribution in [2.24, 2.45) is 29.4 Å². The Morgan fingerprint density at radius 3 is 2.36 bits per heavy atom. The number of carbonyl (C=O) groups is 6. The summed E-state index contributed by atoms with van der Waals surface area (Å²) >= 11 is 0. The predicted molar refractivity (Wildman–Crippen MR) is 182 cm³/mol. The molecule has 1 saturated heterocycles. The molecule has 6 atom stereocenters. The van der Waals surface area contributed by atoms with Gasteiger partial charge in [-0.1, -0.05) is 91.0 Å². The van der Waals surface area contributed by atoms with Gasteiger partial charge in [0.05, 0.1) is 17.5 Å². The van der Waals surface area contributed by atoms with Gasteiger partial charge in [-0.25, -0.2) is 4.79 Å². The Labute approximate surface area is 281 Å². The SMILES string of the molecule is C=C1NC(=O)[C@@H](C)[C@H](CC[C@@H](C)C(=O)/C=C/C(C)=C/CC[C@H](C)CCCCCC)OC(=O)[C@H](CCC(N)=O)NC(=O)[C@@H](C)CNC1=O. The lowest BCUT2D eigenvalue weighted by atomic mass is 9.92. The monoisotopic (exact) mass is 658 g/mol. The Hall–Kier alpha value is -3.76. The number of carbonyl (C=O) groups excluding carboxylic acids is 6. The van der Waals surface area contributed by atoms with Gasteiger partial charge in [0.1, 0.15) is 12.1 Å². The average Bonchev–Trinajstić information content (AvgIpc) is 3.02. The van der Waals surface area contributed by atoms with Gasteiger partial charge in [0.25, 0.3) is 5.91 Å². The summed E-state index contributed by atoms with van der Waals surface area (Å²) in [4.78, 5) is 76.0. The second-order valence-corrected chi connectivity index (χ2v) is 13.1. The molecular weight excluding hydrogens is 600 g/mol. The van der Waals surface area contributed by atoms with Crippen molar-refractivity contribution in [3.8, 4) is 0 Å². The summed E-state index contributed by atoms with van der Waals surface area (Å²) in [5.41, 5.74) is 6.08. The molecule has 0 spiro atoms. The van der Waals surface area contributed by atoms with E-state index in [9.17, 15) is 28.8 Å². The Balaban J connectivity index is 2.97. The smallest absolute Gasteiger partial charge is 0.328 e. The zero-order valence-corrected chi connectivity index (χ0v) is 29.3. The van der Waals surface area contributed by atoms with Crippen LogP contribution in [-0.4, -0.2) is 54.1 Å². The maximum atomic E-state index is 13.3. The fourth-order valence-corrected chi connectivity index (χ4v) is 5.09. The number of rotatable bonds is 17. The number of hydrogen-bond donors (Lipinski definition) is 4. The molecule has 1 fully saturated rings. The van der Waals surface area contributed by atoms with E-state index in [1.54, 1.807) is 19.9 Å². The van der Waals surface area contributed by atoms with Crippen molar-refractivity contribution in [3.05, 3.63) is 36.1 Å². The summed E-state index contributed by atoms with van der Waals surface area (Å²) < 4.78 is 5.76. The molecule has 47 heavy (non-hydrogen) atoms. The number of unbranched alkanes of at least 4 members (excludes halogenated alkanes) is 3. The van der Waals surface area contributed by atoms with Gasteiger partial charge in [-0.15, -0.1) is 0 Å². The molecule has 11 nitrogen and oxygen atoms in total. The molecule has 1 rings (SSSR count). The van der Waals surface area contributed by atoms with Gasteiger partial charge < -0.3 is 26.4 Å². The van der Waals surface area contributed by atoms with Gasteiger partial charge in [-0.05, 0) is 51.0 Å². The van der Waals surface area contributed by atoms with Crippen molar-refractivity contribution < 1.29 is 33.5 Å². The Morgan fingerprint density at radius 2 is 1.70 bits per heavy atom. The summed E-state index contributed by atoms with van der Waals surface area (Å²) in [5, 5.41) is 7.57. The van der Waals surface area contributed by atoms with E-state index in [4.69, 9.17) is 10.5 Å². The van der Waals surface area contributed by atoms with Gasteiger partial charge in [0, 0.05) is 18.9 Å². The zero-order chi connectivity index (χ0) is 35.5. The number of esters is 1. The molecule has 0 radical (unpaired) electrons.